The molecule has 2 fully saturated rings. The Morgan fingerprint density at radius 3 is 1.24 bits per heavy atom. The Labute approximate surface area is 319 Å². The van der Waals surface area contributed by atoms with E-state index in [0.717, 1.165) is 23.5 Å². The fourth-order valence-electron chi connectivity index (χ4n) is 4.72. The highest BCUT2D eigenvalue weighted by atomic mass is 33.1. The highest BCUT2D eigenvalue weighted by Crippen LogP contribution is 2.28. The third-order valence-electron chi connectivity index (χ3n) is 8.32. The number of nitrogens with zero attached hydrogens (tertiary/aromatic N) is 4. The van der Waals surface area contributed by atoms with Crippen LogP contribution in [0.3, 0.4) is 0 Å². The molecule has 0 saturated carbocycles. The van der Waals surface area contributed by atoms with Crippen LogP contribution in [0.25, 0.3) is 0 Å². The molecule has 0 unspecified atom stereocenters. The molecule has 2 aliphatic rings. The van der Waals surface area contributed by atoms with E-state index in [0.29, 0.717) is 0 Å². The van der Waals surface area contributed by atoms with Crippen molar-refractivity contribution in [2.24, 2.45) is 11.8 Å². The van der Waals surface area contributed by atoms with Crippen LogP contribution >= 0.6 is 68.6 Å². The molecule has 0 spiro atoms. The number of nitrogens with one attached hydrogen (secondary N) is 2. The number of likely N-dealkylation sites (N-methyl/N-ethyl adjacent to an activating group) is 4. The number of hydrogen-bond acceptors (Lipinski definition) is 14. The number of amides is 6. The van der Waals surface area contributed by atoms with E-state index in [1.807, 2.05) is 0 Å². The molecule has 2 rings (SSSR count). The van der Waals surface area contributed by atoms with Crippen LogP contribution in [0, 0.1) is 11.8 Å². The van der Waals surface area contributed by atoms with Gasteiger partial charge >= 0.3 is 0 Å². The Kier molecular flexibility index (Phi) is 19.3. The summed E-state index contributed by atoms with van der Waals surface area (Å²) >= 11 is 4.59. The summed E-state index contributed by atoms with van der Waals surface area (Å²) < 4.78 is 0. The van der Waals surface area contributed by atoms with Crippen molar-refractivity contribution >= 4 is 114 Å². The average Bonchev–Trinajstić information content (AvgIpc) is 3.10. The van der Waals surface area contributed by atoms with Gasteiger partial charge < -0.3 is 30.2 Å². The summed E-state index contributed by atoms with van der Waals surface area (Å²) in [6.07, 6.45) is 3.61. The third-order valence-corrected chi connectivity index (χ3v) is 14.5. The average molecular weight is 813 g/mol. The molecule has 6 amide bonds. The van der Waals surface area contributed by atoms with Crippen molar-refractivity contribution in [1.82, 2.24) is 30.2 Å². The summed E-state index contributed by atoms with van der Waals surface area (Å²) in [6.45, 7) is 2.49. The molecule has 0 aromatic carbocycles. The zero-order valence-electron chi connectivity index (χ0n) is 29.6. The predicted octanol–water partition coefficient (Wildman–Crippen LogP) is 0.453. The van der Waals surface area contributed by atoms with Crippen molar-refractivity contribution in [1.29, 1.82) is 0 Å². The zero-order valence-corrected chi connectivity index (χ0v) is 34.5. The van der Waals surface area contributed by atoms with E-state index in [4.69, 9.17) is 0 Å². The van der Waals surface area contributed by atoms with Gasteiger partial charge in [-0.3, -0.25) is 38.4 Å². The Bertz CT molecular complexity index is 1190. The van der Waals surface area contributed by atoms with Crippen molar-refractivity contribution in [2.75, 3.05) is 88.3 Å². The van der Waals surface area contributed by atoms with Gasteiger partial charge in [0.1, 0.15) is 24.2 Å². The molecule has 2 aliphatic heterocycles. The Hall–Kier alpha value is -1.74. The van der Waals surface area contributed by atoms with Crippen molar-refractivity contribution in [2.45, 2.75) is 38.0 Å². The minimum atomic E-state index is -1.04. The van der Waals surface area contributed by atoms with Crippen LogP contribution in [-0.4, -0.2) is 178 Å². The maximum Gasteiger partial charge on any atom is 0.246 e. The van der Waals surface area contributed by atoms with Crippen LogP contribution in [0.4, 0.5) is 0 Å². The molecule has 0 aromatic rings. The van der Waals surface area contributed by atoms with Crippen LogP contribution in [-0.2, 0) is 38.4 Å². The van der Waals surface area contributed by atoms with Crippen molar-refractivity contribution in [3.8, 4) is 0 Å². The molecule has 6 atom stereocenters. The third kappa shape index (κ3) is 12.4. The molecule has 2 N–H and O–H groups in total. The smallest absolute Gasteiger partial charge is 0.246 e. The lowest BCUT2D eigenvalue weighted by molar-refractivity contribution is -0.145. The second-order valence-electron chi connectivity index (χ2n) is 11.9. The Morgan fingerprint density at radius 1 is 0.580 bits per heavy atom. The first-order chi connectivity index (χ1) is 23.6. The van der Waals surface area contributed by atoms with Gasteiger partial charge in [-0.1, -0.05) is 59.0 Å². The summed E-state index contributed by atoms with van der Waals surface area (Å²) in [5.74, 6) is -3.35. The number of carbonyl (C=O) groups excluding carboxylic acids is 8. The molecule has 50 heavy (non-hydrogen) atoms. The summed E-state index contributed by atoms with van der Waals surface area (Å²) in [5, 5.41) is 4.60. The maximum atomic E-state index is 14.1. The second-order valence-corrected chi connectivity index (χ2v) is 18.4. The molecular formula is C30H48N6O8S6. The number of rotatable bonds is 4. The summed E-state index contributed by atoms with van der Waals surface area (Å²) in [6, 6.07) is -3.79. The first-order valence-corrected chi connectivity index (χ1v) is 23.0. The number of fused-ring (bicyclic) bond motifs is 5. The van der Waals surface area contributed by atoms with Gasteiger partial charge in [-0.2, -0.15) is 23.5 Å². The normalized spacial score (nSPS) is 28.8. The Balaban J connectivity index is 2.64. The lowest BCUT2D eigenvalue weighted by Gasteiger charge is -2.35. The van der Waals surface area contributed by atoms with E-state index >= 15 is 0 Å². The monoisotopic (exact) mass is 812 g/mol. The topological polar surface area (TPSA) is 174 Å². The van der Waals surface area contributed by atoms with E-state index in [1.54, 1.807) is 26.4 Å². The van der Waals surface area contributed by atoms with E-state index in [2.05, 4.69) is 10.6 Å². The van der Waals surface area contributed by atoms with E-state index in [1.165, 1.54) is 92.9 Å². The van der Waals surface area contributed by atoms with Gasteiger partial charge in [-0.15, -0.1) is 0 Å². The van der Waals surface area contributed by atoms with Gasteiger partial charge in [0.25, 0.3) is 0 Å². The summed E-state index contributed by atoms with van der Waals surface area (Å²) in [7, 11) is 8.36. The van der Waals surface area contributed by atoms with Gasteiger partial charge in [0, 0.05) is 74.5 Å². The number of thioether (sulfide) groups is 4. The standard InChI is InChI=1S/C30H48N6O8S6/c1-17-11-47-29(43)21(13-45-7)35(5)27(41)20-16-50-49-15-19(33(3)23(37)9-31-25(17)39)28(42)36(6)22(14-46-8)30(44)48-12-18(2)26(40)32-10-24(38)34(20)4/h17-22H,9-16H2,1-8H3,(H,31,39)(H,32,40)/t17-,18-,19+,20+,21+,22+/m1/s1. The quantitative estimate of drug-likeness (QED) is 0.375. The minimum Gasteiger partial charge on any atom is -0.347 e. The van der Waals surface area contributed by atoms with Gasteiger partial charge in [-0.25, -0.2) is 0 Å². The SMILES string of the molecule is CSC[C@H]1C(=O)SC[C@@H](C)C(=O)NCC(=O)N(C)[C@H]2CSSC[C@@H](C(=O)N1C)N(C)C(=O)CNC(=O)[C@H](C)CSC(=O)[C@H](CSC)N(C)C2=O. The molecule has 2 heterocycles. The maximum absolute atomic E-state index is 14.1. The highest BCUT2D eigenvalue weighted by molar-refractivity contribution is 8.76. The van der Waals surface area contributed by atoms with Gasteiger partial charge in [0.2, 0.25) is 45.7 Å². The fourth-order valence-corrected chi connectivity index (χ4v) is 10.8. The summed E-state index contributed by atoms with van der Waals surface area (Å²) in [5.41, 5.74) is 0. The molecule has 0 aliphatic carbocycles. The van der Waals surface area contributed by atoms with Crippen LogP contribution in [0.2, 0.25) is 0 Å². The largest absolute Gasteiger partial charge is 0.347 e. The van der Waals surface area contributed by atoms with Crippen molar-refractivity contribution in [3.05, 3.63) is 0 Å². The van der Waals surface area contributed by atoms with Crippen LogP contribution in [0.15, 0.2) is 0 Å². The van der Waals surface area contributed by atoms with Crippen LogP contribution in [0.1, 0.15) is 13.8 Å². The predicted molar refractivity (Wildman–Crippen MR) is 207 cm³/mol. The molecule has 282 valence electrons. The minimum absolute atomic E-state index is 0.0689. The lowest BCUT2D eigenvalue weighted by atomic mass is 10.2. The molecule has 2 saturated heterocycles. The molecule has 0 radical (unpaired) electrons. The number of hydrogen-bond donors (Lipinski definition) is 2. The van der Waals surface area contributed by atoms with E-state index in [9.17, 15) is 38.4 Å². The molecule has 0 aromatic heterocycles. The lowest BCUT2D eigenvalue weighted by Crippen LogP contribution is -2.56. The van der Waals surface area contributed by atoms with E-state index < -0.39 is 71.4 Å². The fraction of sp³-hybridized carbons (Fsp3) is 0.733. The zero-order chi connectivity index (χ0) is 37.7. The summed E-state index contributed by atoms with van der Waals surface area (Å²) in [4.78, 5) is 113. The van der Waals surface area contributed by atoms with Crippen molar-refractivity contribution in [3.63, 3.8) is 0 Å². The highest BCUT2D eigenvalue weighted by Gasteiger charge is 2.38. The first kappa shape index (κ1) is 44.4. The van der Waals surface area contributed by atoms with Gasteiger partial charge in [0.05, 0.1) is 13.1 Å². The van der Waals surface area contributed by atoms with Gasteiger partial charge in [-0.05, 0) is 12.5 Å². The van der Waals surface area contributed by atoms with Crippen molar-refractivity contribution < 1.29 is 38.4 Å². The first-order valence-electron chi connectivity index (χ1n) is 15.7. The Morgan fingerprint density at radius 2 is 0.920 bits per heavy atom. The number of carbonyl (C=O) groups is 8. The van der Waals surface area contributed by atoms with E-state index in [-0.39, 0.29) is 57.8 Å². The van der Waals surface area contributed by atoms with Crippen LogP contribution < -0.4 is 10.6 Å². The molecule has 14 nitrogen and oxygen atoms in total. The van der Waals surface area contributed by atoms with Crippen LogP contribution in [0.5, 0.6) is 0 Å². The molecule has 2 bridgehead atoms. The molecule has 20 heteroatoms. The second kappa shape index (κ2) is 21.7. The molecular weight excluding hydrogens is 765 g/mol. The van der Waals surface area contributed by atoms with Gasteiger partial charge in [0.15, 0.2) is 0 Å².